The Morgan fingerprint density at radius 2 is 1.76 bits per heavy atom. The third kappa shape index (κ3) is 5.01. The largest absolute Gasteiger partial charge is 0.488 e. The predicted molar refractivity (Wildman–Crippen MR) is 169 cm³/mol. The number of hydrogen-bond donors (Lipinski definition) is 0. The summed E-state index contributed by atoms with van der Waals surface area (Å²) in [6.07, 6.45) is 3.76. The molecule has 1 aromatic heterocycles. The zero-order chi connectivity index (χ0) is 27.9. The van der Waals surface area contributed by atoms with E-state index in [1.807, 2.05) is 71.3 Å². The topological polar surface area (TPSA) is 43.6 Å². The Morgan fingerprint density at radius 3 is 2.56 bits per heavy atom. The van der Waals surface area contributed by atoms with Crippen molar-refractivity contribution in [2.45, 2.75) is 25.5 Å². The average molecular weight is 640 g/mol. The molecule has 7 rings (SSSR count). The van der Waals surface area contributed by atoms with Crippen molar-refractivity contribution >= 4 is 50.6 Å². The van der Waals surface area contributed by atoms with Gasteiger partial charge >= 0.3 is 0 Å². The van der Waals surface area contributed by atoms with E-state index in [2.05, 4.69) is 52.3 Å². The number of ether oxygens (including phenoxy) is 1. The fourth-order valence-electron chi connectivity index (χ4n) is 5.57. The van der Waals surface area contributed by atoms with Gasteiger partial charge in [-0.3, -0.25) is 9.36 Å². The summed E-state index contributed by atoms with van der Waals surface area (Å²) in [6, 6.07) is 32.1. The lowest BCUT2D eigenvalue weighted by Crippen LogP contribution is -2.38. The number of allylic oxidation sites excluding steroid dienone is 1. The van der Waals surface area contributed by atoms with Crippen molar-refractivity contribution in [1.82, 2.24) is 4.57 Å². The first-order chi connectivity index (χ1) is 20.0. The molecule has 0 radical (unpaired) electrons. The minimum atomic E-state index is -0.173. The lowest BCUT2D eigenvalue weighted by atomic mass is 9.83. The SMILES string of the molecule is O=c1/c(=C/c2ccc(OCc3ccc(Cl)cc3)c(Br)c2)sc2n1C(c1ccccc1)C1=C(N=2)c2ccccc2CC1. The van der Waals surface area contributed by atoms with Gasteiger partial charge in [0.1, 0.15) is 12.4 Å². The molecule has 1 aliphatic heterocycles. The second kappa shape index (κ2) is 10.9. The van der Waals surface area contributed by atoms with E-state index < -0.39 is 0 Å². The Hall–Kier alpha value is -3.71. The highest BCUT2D eigenvalue weighted by atomic mass is 79.9. The standard InChI is InChI=1S/C34H24BrClN2O2S/c35-28-18-22(12-17-29(28)40-20-21-10-14-25(36)15-11-21)19-30-33(39)38-32(24-7-2-1-3-8-24)27-16-13-23-6-4-5-9-26(23)31(27)37-34(38)41-30/h1-12,14-15,17-19,32H,13,16,20H2/b30-19-. The molecule has 2 heterocycles. The zero-order valence-electron chi connectivity index (χ0n) is 21.9. The van der Waals surface area contributed by atoms with Crippen molar-refractivity contribution in [1.29, 1.82) is 0 Å². The summed E-state index contributed by atoms with van der Waals surface area (Å²) >= 11 is 11.1. The second-order valence-corrected chi connectivity index (χ2v) is 12.4. The number of hydrogen-bond acceptors (Lipinski definition) is 4. The molecule has 0 bridgehead atoms. The smallest absolute Gasteiger partial charge is 0.271 e. The molecule has 0 saturated heterocycles. The number of nitrogens with zero attached hydrogens (tertiary/aromatic N) is 2. The van der Waals surface area contributed by atoms with Crippen molar-refractivity contribution in [2.75, 3.05) is 0 Å². The minimum Gasteiger partial charge on any atom is -0.488 e. The monoisotopic (exact) mass is 638 g/mol. The lowest BCUT2D eigenvalue weighted by molar-refractivity contribution is 0.304. The lowest BCUT2D eigenvalue weighted by Gasteiger charge is -2.30. The molecule has 202 valence electrons. The molecule has 0 fully saturated rings. The van der Waals surface area contributed by atoms with E-state index in [9.17, 15) is 4.79 Å². The number of rotatable bonds is 5. The third-order valence-electron chi connectivity index (χ3n) is 7.55. The molecule has 1 unspecified atom stereocenters. The summed E-state index contributed by atoms with van der Waals surface area (Å²) in [5, 5.41) is 0.699. The maximum Gasteiger partial charge on any atom is 0.271 e. The highest BCUT2D eigenvalue weighted by Gasteiger charge is 2.32. The number of aryl methyl sites for hydroxylation is 1. The van der Waals surface area contributed by atoms with Gasteiger partial charge in [-0.15, -0.1) is 0 Å². The van der Waals surface area contributed by atoms with Crippen molar-refractivity contribution in [3.05, 3.63) is 160 Å². The van der Waals surface area contributed by atoms with Crippen LogP contribution < -0.4 is 19.6 Å². The first kappa shape index (κ1) is 26.2. The summed E-state index contributed by atoms with van der Waals surface area (Å²) < 4.78 is 9.38. The number of fused-ring (bicyclic) bond motifs is 3. The molecule has 7 heteroatoms. The van der Waals surface area contributed by atoms with Crippen molar-refractivity contribution < 1.29 is 4.74 Å². The van der Waals surface area contributed by atoms with Crippen LogP contribution in [0.1, 0.15) is 40.3 Å². The van der Waals surface area contributed by atoms with Crippen LogP contribution in [0.4, 0.5) is 0 Å². The van der Waals surface area contributed by atoms with Gasteiger partial charge in [0.05, 0.1) is 20.7 Å². The molecule has 0 N–H and O–H groups in total. The molecule has 1 atom stereocenters. The summed E-state index contributed by atoms with van der Waals surface area (Å²) in [5.74, 6) is 0.731. The molecule has 4 nitrogen and oxygen atoms in total. The van der Waals surface area contributed by atoms with Gasteiger partial charge in [-0.25, -0.2) is 4.99 Å². The van der Waals surface area contributed by atoms with Gasteiger partial charge in [0.2, 0.25) is 0 Å². The Balaban J connectivity index is 1.28. The molecule has 0 saturated carbocycles. The number of thiazole rings is 1. The maximum absolute atomic E-state index is 14.0. The average Bonchev–Trinajstić information content (AvgIpc) is 3.31. The molecular formula is C34H24BrClN2O2S. The van der Waals surface area contributed by atoms with Gasteiger partial charge in [0, 0.05) is 10.6 Å². The normalized spacial score (nSPS) is 16.0. The fraction of sp³-hybridized carbons (Fsp3) is 0.118. The Labute approximate surface area is 254 Å². The predicted octanol–water partition coefficient (Wildman–Crippen LogP) is 7.31. The maximum atomic E-state index is 14.0. The quantitative estimate of drug-likeness (QED) is 0.202. The molecule has 2 aliphatic rings. The molecule has 1 aliphatic carbocycles. The molecule has 5 aromatic rings. The van der Waals surface area contributed by atoms with E-state index in [1.165, 1.54) is 28.0 Å². The Kier molecular flexibility index (Phi) is 6.99. The van der Waals surface area contributed by atoms with Crippen LogP contribution in [0.2, 0.25) is 5.02 Å². The van der Waals surface area contributed by atoms with E-state index in [1.54, 1.807) is 0 Å². The second-order valence-electron chi connectivity index (χ2n) is 10.1. The van der Waals surface area contributed by atoms with Gasteiger partial charge in [0.25, 0.3) is 5.56 Å². The van der Waals surface area contributed by atoms with Crippen LogP contribution in [0.3, 0.4) is 0 Å². The first-order valence-electron chi connectivity index (χ1n) is 13.4. The summed E-state index contributed by atoms with van der Waals surface area (Å²) in [4.78, 5) is 19.8. The number of halogens is 2. The third-order valence-corrected chi connectivity index (χ3v) is 9.40. The van der Waals surface area contributed by atoms with Crippen LogP contribution in [0.5, 0.6) is 5.75 Å². The van der Waals surface area contributed by atoms with Crippen LogP contribution in [0.25, 0.3) is 11.8 Å². The Bertz CT molecular complexity index is 2000. The van der Waals surface area contributed by atoms with E-state index in [4.69, 9.17) is 21.3 Å². The molecule has 4 aromatic carbocycles. The van der Waals surface area contributed by atoms with Crippen molar-refractivity contribution in [3.8, 4) is 5.75 Å². The zero-order valence-corrected chi connectivity index (χ0v) is 25.0. The van der Waals surface area contributed by atoms with Crippen molar-refractivity contribution in [2.24, 2.45) is 4.99 Å². The molecule has 0 amide bonds. The number of benzene rings is 4. The summed E-state index contributed by atoms with van der Waals surface area (Å²) in [7, 11) is 0. The van der Waals surface area contributed by atoms with Gasteiger partial charge in [-0.2, -0.15) is 0 Å². The van der Waals surface area contributed by atoms with Crippen molar-refractivity contribution in [3.63, 3.8) is 0 Å². The Morgan fingerprint density at radius 1 is 0.976 bits per heavy atom. The van der Waals surface area contributed by atoms with E-state index in [0.29, 0.717) is 16.2 Å². The van der Waals surface area contributed by atoms with Crippen LogP contribution >= 0.6 is 38.9 Å². The van der Waals surface area contributed by atoms with E-state index in [-0.39, 0.29) is 11.6 Å². The fourth-order valence-corrected chi connectivity index (χ4v) is 7.21. The van der Waals surface area contributed by atoms with Crippen LogP contribution in [-0.4, -0.2) is 4.57 Å². The number of aromatic nitrogens is 1. The highest BCUT2D eigenvalue weighted by molar-refractivity contribution is 9.10. The van der Waals surface area contributed by atoms with E-state index >= 15 is 0 Å². The van der Waals surface area contributed by atoms with Gasteiger partial charge in [0.15, 0.2) is 4.80 Å². The molecule has 0 spiro atoms. The summed E-state index contributed by atoms with van der Waals surface area (Å²) in [5.41, 5.74) is 7.72. The minimum absolute atomic E-state index is 0.0211. The van der Waals surface area contributed by atoms with E-state index in [0.717, 1.165) is 50.3 Å². The van der Waals surface area contributed by atoms with Crippen LogP contribution in [-0.2, 0) is 13.0 Å². The van der Waals surface area contributed by atoms with Gasteiger partial charge < -0.3 is 4.74 Å². The van der Waals surface area contributed by atoms with Gasteiger partial charge in [-0.1, -0.05) is 95.7 Å². The molecule has 41 heavy (non-hydrogen) atoms. The van der Waals surface area contributed by atoms with Gasteiger partial charge in [-0.05, 0) is 86.9 Å². The first-order valence-corrected chi connectivity index (χ1v) is 15.4. The van der Waals surface area contributed by atoms with Crippen LogP contribution in [0, 0.1) is 0 Å². The highest BCUT2D eigenvalue weighted by Crippen LogP contribution is 2.41. The van der Waals surface area contributed by atoms with Crippen LogP contribution in [0.15, 0.2) is 117 Å². The molecular weight excluding hydrogens is 616 g/mol. The summed E-state index contributed by atoms with van der Waals surface area (Å²) in [6.45, 7) is 0.432.